The van der Waals surface area contributed by atoms with Gasteiger partial charge in [0.05, 0.1) is 0 Å². The average Bonchev–Trinajstić information content (AvgIpc) is 2.51. The fourth-order valence-electron chi connectivity index (χ4n) is 2.04. The zero-order chi connectivity index (χ0) is 15.9. The van der Waals surface area contributed by atoms with Crippen molar-refractivity contribution in [2.24, 2.45) is 0 Å². The van der Waals surface area contributed by atoms with Crippen LogP contribution in [0.2, 0.25) is 10.0 Å². The Morgan fingerprint density at radius 3 is 2.27 bits per heavy atom. The summed E-state index contributed by atoms with van der Waals surface area (Å²) in [6.07, 6.45) is 4.01. The summed E-state index contributed by atoms with van der Waals surface area (Å²) in [4.78, 5) is 13.6. The van der Waals surface area contributed by atoms with Crippen LogP contribution in [0.1, 0.15) is 12.0 Å². The molecule has 0 atom stereocenters. The zero-order valence-electron chi connectivity index (χ0n) is 11.6. The minimum absolute atomic E-state index is 0.594. The number of carbonyl (C=O) groups excluding carboxylic acids is 1. The third kappa shape index (κ3) is 4.86. The lowest BCUT2D eigenvalue weighted by molar-refractivity contribution is -0.176. The first kappa shape index (κ1) is 16.5. The lowest BCUT2D eigenvalue weighted by atomic mass is 10.0. The van der Waals surface area contributed by atoms with Crippen LogP contribution in [0.15, 0.2) is 54.6 Å². The second-order valence-corrected chi connectivity index (χ2v) is 5.57. The van der Waals surface area contributed by atoms with E-state index in [1.54, 1.807) is 12.1 Å². The minimum atomic E-state index is -0.992. The molecule has 2 aromatic carbocycles. The van der Waals surface area contributed by atoms with Crippen molar-refractivity contribution in [3.05, 3.63) is 70.2 Å². The molecule has 22 heavy (non-hydrogen) atoms. The number of benzene rings is 2. The average molecular weight is 339 g/mol. The molecule has 0 aliphatic carbocycles. The van der Waals surface area contributed by atoms with Gasteiger partial charge >= 0.3 is 5.97 Å². The lowest BCUT2D eigenvalue weighted by Gasteiger charge is -2.05. The maximum absolute atomic E-state index is 11.5. The Morgan fingerprint density at radius 2 is 1.68 bits per heavy atom. The number of aryl methyl sites for hydroxylation is 1. The SMILES string of the molecule is O=C(/C=C/CCc1ccc(-c2cc(Cl)cc(Cl)c2)cc1)OF. The molecule has 0 saturated carbocycles. The monoisotopic (exact) mass is 338 g/mol. The fourth-order valence-corrected chi connectivity index (χ4v) is 2.57. The van der Waals surface area contributed by atoms with Gasteiger partial charge in [0, 0.05) is 20.6 Å². The second kappa shape index (κ2) is 7.97. The van der Waals surface area contributed by atoms with Gasteiger partial charge in [-0.25, -0.2) is 4.79 Å². The topological polar surface area (TPSA) is 26.3 Å². The van der Waals surface area contributed by atoms with Gasteiger partial charge in [-0.2, -0.15) is 0 Å². The van der Waals surface area contributed by atoms with E-state index in [-0.39, 0.29) is 0 Å². The Bertz CT molecular complexity index is 661. The van der Waals surface area contributed by atoms with Gasteiger partial charge in [0.1, 0.15) is 0 Å². The van der Waals surface area contributed by atoms with E-state index in [1.807, 2.05) is 36.4 Å². The van der Waals surface area contributed by atoms with E-state index in [4.69, 9.17) is 23.2 Å². The highest BCUT2D eigenvalue weighted by molar-refractivity contribution is 6.35. The molecule has 0 aliphatic rings. The van der Waals surface area contributed by atoms with Gasteiger partial charge in [-0.15, -0.1) is 0 Å². The Balaban J connectivity index is 2.01. The summed E-state index contributed by atoms with van der Waals surface area (Å²) in [7, 11) is 0. The largest absolute Gasteiger partial charge is 0.372 e. The van der Waals surface area contributed by atoms with Crippen molar-refractivity contribution in [3.63, 3.8) is 0 Å². The number of hydrogen-bond acceptors (Lipinski definition) is 2. The number of rotatable bonds is 5. The molecule has 0 aromatic heterocycles. The summed E-state index contributed by atoms with van der Waals surface area (Å²) < 4.78 is 11.5. The number of allylic oxidation sites excluding steroid dienone is 1. The van der Waals surface area contributed by atoms with Crippen molar-refractivity contribution in [1.82, 2.24) is 0 Å². The molecule has 0 fully saturated rings. The highest BCUT2D eigenvalue weighted by Crippen LogP contribution is 2.27. The second-order valence-electron chi connectivity index (χ2n) is 4.69. The molecule has 0 bridgehead atoms. The van der Waals surface area contributed by atoms with E-state index in [2.05, 4.69) is 4.94 Å². The molecular weight excluding hydrogens is 326 g/mol. The van der Waals surface area contributed by atoms with Crippen LogP contribution in [0.25, 0.3) is 11.1 Å². The number of halogens is 3. The van der Waals surface area contributed by atoms with Gasteiger partial charge in [-0.05, 0) is 47.7 Å². The van der Waals surface area contributed by atoms with Crippen LogP contribution in [0.5, 0.6) is 0 Å². The highest BCUT2D eigenvalue weighted by Gasteiger charge is 2.02. The molecular formula is C17H13Cl2FO2. The summed E-state index contributed by atoms with van der Waals surface area (Å²) in [5.74, 6) is -0.992. The third-order valence-corrected chi connectivity index (χ3v) is 3.52. The first-order valence-corrected chi connectivity index (χ1v) is 7.38. The van der Waals surface area contributed by atoms with Crippen LogP contribution >= 0.6 is 23.2 Å². The first-order valence-electron chi connectivity index (χ1n) is 6.63. The van der Waals surface area contributed by atoms with Crippen LogP contribution in [0.3, 0.4) is 0 Å². The summed E-state index contributed by atoms with van der Waals surface area (Å²) in [6.45, 7) is 0. The molecule has 0 amide bonds. The van der Waals surface area contributed by atoms with Gasteiger partial charge in [-0.1, -0.05) is 53.5 Å². The standard InChI is InChI=1S/C17H13Cl2FO2/c18-15-9-14(10-16(19)11-15)13-7-5-12(6-8-13)3-1-2-4-17(21)22-20/h2,4-11H,1,3H2/b4-2+. The Hall–Kier alpha value is -1.84. The molecule has 0 radical (unpaired) electrons. The minimum Gasteiger partial charge on any atom is -0.250 e. The van der Waals surface area contributed by atoms with Crippen molar-refractivity contribution >= 4 is 29.2 Å². The van der Waals surface area contributed by atoms with Crippen molar-refractivity contribution in [2.75, 3.05) is 0 Å². The van der Waals surface area contributed by atoms with Crippen molar-refractivity contribution in [3.8, 4) is 11.1 Å². The molecule has 5 heteroatoms. The highest BCUT2D eigenvalue weighted by atomic mass is 35.5. The normalized spacial score (nSPS) is 10.9. The lowest BCUT2D eigenvalue weighted by Crippen LogP contribution is -1.90. The Morgan fingerprint density at radius 1 is 1.05 bits per heavy atom. The molecule has 2 aromatic rings. The first-order chi connectivity index (χ1) is 10.6. The van der Waals surface area contributed by atoms with Crippen LogP contribution in [0, 0.1) is 0 Å². The van der Waals surface area contributed by atoms with Crippen molar-refractivity contribution in [1.29, 1.82) is 0 Å². The smallest absolute Gasteiger partial charge is 0.250 e. The number of hydrogen-bond donors (Lipinski definition) is 0. The summed E-state index contributed by atoms with van der Waals surface area (Å²) in [5.41, 5.74) is 3.08. The Kier molecular flexibility index (Phi) is 5.99. The predicted molar refractivity (Wildman–Crippen MR) is 86.6 cm³/mol. The predicted octanol–water partition coefficient (Wildman–Crippen LogP) is 5.58. The Labute approximate surface area is 138 Å². The maximum Gasteiger partial charge on any atom is 0.372 e. The quantitative estimate of drug-likeness (QED) is 0.665. The van der Waals surface area contributed by atoms with E-state index in [1.165, 1.54) is 0 Å². The zero-order valence-corrected chi connectivity index (χ0v) is 13.1. The van der Waals surface area contributed by atoms with E-state index in [0.29, 0.717) is 16.5 Å². The fraction of sp³-hybridized carbons (Fsp3) is 0.118. The molecule has 0 unspecified atom stereocenters. The summed E-state index contributed by atoms with van der Waals surface area (Å²) in [5, 5.41) is 1.19. The molecule has 114 valence electrons. The van der Waals surface area contributed by atoms with E-state index < -0.39 is 5.97 Å². The van der Waals surface area contributed by atoms with E-state index in [9.17, 15) is 9.32 Å². The summed E-state index contributed by atoms with van der Waals surface area (Å²) in [6, 6.07) is 13.3. The number of carbonyl (C=O) groups is 1. The van der Waals surface area contributed by atoms with Gasteiger partial charge in [0.15, 0.2) is 0 Å². The van der Waals surface area contributed by atoms with Gasteiger partial charge in [-0.3, -0.25) is 4.94 Å². The molecule has 0 aliphatic heterocycles. The molecule has 2 rings (SSSR count). The molecule has 2 nitrogen and oxygen atoms in total. The van der Waals surface area contributed by atoms with Gasteiger partial charge in [0.2, 0.25) is 0 Å². The molecule has 0 spiro atoms. The van der Waals surface area contributed by atoms with Crippen LogP contribution in [0.4, 0.5) is 4.53 Å². The third-order valence-electron chi connectivity index (χ3n) is 3.08. The van der Waals surface area contributed by atoms with Crippen molar-refractivity contribution < 1.29 is 14.3 Å². The summed E-state index contributed by atoms with van der Waals surface area (Å²) >= 11 is 12.0. The van der Waals surface area contributed by atoms with E-state index in [0.717, 1.165) is 29.2 Å². The van der Waals surface area contributed by atoms with Crippen LogP contribution in [-0.2, 0) is 16.2 Å². The van der Waals surface area contributed by atoms with Crippen molar-refractivity contribution in [2.45, 2.75) is 12.8 Å². The molecule has 0 N–H and O–H groups in total. The van der Waals surface area contributed by atoms with Crippen LogP contribution < -0.4 is 0 Å². The molecule has 0 saturated heterocycles. The van der Waals surface area contributed by atoms with E-state index >= 15 is 0 Å². The van der Waals surface area contributed by atoms with Gasteiger partial charge in [0.25, 0.3) is 0 Å². The maximum atomic E-state index is 11.5. The van der Waals surface area contributed by atoms with Crippen LogP contribution in [-0.4, -0.2) is 5.97 Å². The molecule has 0 heterocycles. The van der Waals surface area contributed by atoms with Gasteiger partial charge < -0.3 is 0 Å².